The maximum atomic E-state index is 9.66. The summed E-state index contributed by atoms with van der Waals surface area (Å²) in [7, 11) is 3.29. The first-order chi connectivity index (χ1) is 12.9. The van der Waals surface area contributed by atoms with Gasteiger partial charge in [-0.25, -0.2) is 4.98 Å². The Kier molecular flexibility index (Phi) is 6.13. The highest BCUT2D eigenvalue weighted by Gasteiger charge is 2.22. The molecule has 0 radical (unpaired) electrons. The third-order valence-corrected chi connectivity index (χ3v) is 6.51. The van der Waals surface area contributed by atoms with Crippen LogP contribution in [0.25, 0.3) is 22.4 Å². The highest BCUT2D eigenvalue weighted by Crippen LogP contribution is 2.41. The molecule has 1 heterocycles. The maximum absolute atomic E-state index is 9.66. The Morgan fingerprint density at radius 2 is 1.81 bits per heavy atom. The van der Waals surface area contributed by atoms with Gasteiger partial charge in [-0.15, -0.1) is 0 Å². The van der Waals surface area contributed by atoms with Crippen LogP contribution >= 0.6 is 31.9 Å². The lowest BCUT2D eigenvalue weighted by atomic mass is 10.0. The molecule has 0 bridgehead atoms. The molecule has 0 aliphatic rings. The van der Waals surface area contributed by atoms with Gasteiger partial charge in [-0.3, -0.25) is 0 Å². The third-order valence-electron chi connectivity index (χ3n) is 4.55. The second-order valence-corrected chi connectivity index (χ2v) is 8.14. The third kappa shape index (κ3) is 3.60. The predicted molar refractivity (Wildman–Crippen MR) is 115 cm³/mol. The SMILES string of the molecule is COc1cc(C(C)C)ccc1-c1nc2c(Br)c(Br)cc(OC)c2n1CCO. The second-order valence-electron chi connectivity index (χ2n) is 6.50. The van der Waals surface area contributed by atoms with Crippen molar-refractivity contribution in [1.29, 1.82) is 0 Å². The van der Waals surface area contributed by atoms with Crippen molar-refractivity contribution in [2.24, 2.45) is 0 Å². The van der Waals surface area contributed by atoms with E-state index in [1.807, 2.05) is 22.8 Å². The number of fused-ring (bicyclic) bond motifs is 1. The lowest BCUT2D eigenvalue weighted by Gasteiger charge is -2.14. The van der Waals surface area contributed by atoms with Gasteiger partial charge in [0, 0.05) is 11.0 Å². The fourth-order valence-corrected chi connectivity index (χ4v) is 3.93. The molecule has 0 unspecified atom stereocenters. The number of methoxy groups -OCH3 is 2. The van der Waals surface area contributed by atoms with Gasteiger partial charge in [0.15, 0.2) is 0 Å². The van der Waals surface area contributed by atoms with Gasteiger partial charge in [-0.05, 0) is 61.5 Å². The average molecular weight is 498 g/mol. The first-order valence-electron chi connectivity index (χ1n) is 8.64. The standard InChI is InChI=1S/C20H22Br2N2O3/c1-11(2)12-5-6-13(15(9-12)26-3)20-23-18-17(22)14(21)10-16(27-4)19(18)24(20)7-8-25/h5-6,9-11,25H,7-8H2,1-4H3. The van der Waals surface area contributed by atoms with Crippen LogP contribution in [0.15, 0.2) is 33.2 Å². The molecule has 0 atom stereocenters. The number of hydrogen-bond acceptors (Lipinski definition) is 4. The van der Waals surface area contributed by atoms with Crippen molar-refractivity contribution in [3.8, 4) is 22.9 Å². The summed E-state index contributed by atoms with van der Waals surface area (Å²) in [5.41, 5.74) is 3.66. The van der Waals surface area contributed by atoms with Crippen molar-refractivity contribution in [3.05, 3.63) is 38.8 Å². The summed E-state index contributed by atoms with van der Waals surface area (Å²) in [6.45, 7) is 4.68. The Morgan fingerprint density at radius 1 is 1.11 bits per heavy atom. The minimum absolute atomic E-state index is 0.0122. The van der Waals surface area contributed by atoms with E-state index in [-0.39, 0.29) is 6.61 Å². The van der Waals surface area contributed by atoms with Crippen LogP contribution in [-0.2, 0) is 6.54 Å². The lowest BCUT2D eigenvalue weighted by molar-refractivity contribution is 0.278. The van der Waals surface area contributed by atoms with Gasteiger partial charge in [-0.2, -0.15) is 0 Å². The number of imidazole rings is 1. The molecular weight excluding hydrogens is 476 g/mol. The molecule has 27 heavy (non-hydrogen) atoms. The number of hydrogen-bond donors (Lipinski definition) is 1. The van der Waals surface area contributed by atoms with E-state index in [9.17, 15) is 5.11 Å². The van der Waals surface area contributed by atoms with Crippen molar-refractivity contribution in [2.45, 2.75) is 26.3 Å². The Labute approximate surface area is 175 Å². The monoisotopic (exact) mass is 496 g/mol. The number of ether oxygens (including phenoxy) is 2. The van der Waals surface area contributed by atoms with Crippen molar-refractivity contribution in [2.75, 3.05) is 20.8 Å². The highest BCUT2D eigenvalue weighted by atomic mass is 79.9. The molecule has 0 saturated heterocycles. The molecule has 0 amide bonds. The van der Waals surface area contributed by atoms with Crippen LogP contribution in [0.1, 0.15) is 25.3 Å². The summed E-state index contributed by atoms with van der Waals surface area (Å²) in [5.74, 6) is 2.56. The smallest absolute Gasteiger partial charge is 0.146 e. The normalized spacial score (nSPS) is 11.4. The first kappa shape index (κ1) is 20.2. The van der Waals surface area contributed by atoms with Crippen LogP contribution in [0, 0.1) is 0 Å². The van der Waals surface area contributed by atoms with Crippen molar-refractivity contribution < 1.29 is 14.6 Å². The van der Waals surface area contributed by atoms with Gasteiger partial charge in [0.25, 0.3) is 0 Å². The molecule has 2 aromatic carbocycles. The highest BCUT2D eigenvalue weighted by molar-refractivity contribution is 9.13. The zero-order valence-electron chi connectivity index (χ0n) is 15.7. The first-order valence-corrected chi connectivity index (χ1v) is 10.2. The number of aromatic nitrogens is 2. The van der Waals surface area contributed by atoms with E-state index in [0.29, 0.717) is 18.2 Å². The maximum Gasteiger partial charge on any atom is 0.146 e. The van der Waals surface area contributed by atoms with Crippen molar-refractivity contribution in [3.63, 3.8) is 0 Å². The molecule has 7 heteroatoms. The quantitative estimate of drug-likeness (QED) is 0.498. The van der Waals surface area contributed by atoms with Crippen LogP contribution in [0.3, 0.4) is 0 Å². The summed E-state index contributed by atoms with van der Waals surface area (Å²) >= 11 is 7.15. The summed E-state index contributed by atoms with van der Waals surface area (Å²) < 4.78 is 14.9. The number of benzene rings is 2. The number of rotatable bonds is 6. The van der Waals surface area contributed by atoms with Crippen LogP contribution in [0.5, 0.6) is 11.5 Å². The van der Waals surface area contributed by atoms with Gasteiger partial charge in [0.1, 0.15) is 28.4 Å². The Hall–Kier alpha value is -1.57. The molecule has 3 rings (SSSR count). The Balaban J connectivity index is 2.35. The largest absolute Gasteiger partial charge is 0.496 e. The summed E-state index contributed by atoms with van der Waals surface area (Å²) in [6, 6.07) is 8.06. The van der Waals surface area contributed by atoms with Crippen LogP contribution in [-0.4, -0.2) is 35.5 Å². The van der Waals surface area contributed by atoms with Crippen LogP contribution in [0.2, 0.25) is 0 Å². The van der Waals surface area contributed by atoms with Crippen LogP contribution < -0.4 is 9.47 Å². The van der Waals surface area contributed by atoms with E-state index in [2.05, 4.69) is 51.8 Å². The minimum Gasteiger partial charge on any atom is -0.496 e. The molecule has 0 fully saturated rings. The molecule has 0 spiro atoms. The topological polar surface area (TPSA) is 56.5 Å². The molecule has 1 aromatic heterocycles. The fourth-order valence-electron chi connectivity index (χ4n) is 3.15. The molecule has 0 aliphatic heterocycles. The summed E-state index contributed by atoms with van der Waals surface area (Å²) in [5, 5.41) is 9.66. The zero-order chi connectivity index (χ0) is 19.7. The molecular formula is C20H22Br2N2O3. The van der Waals surface area contributed by atoms with E-state index in [1.165, 1.54) is 5.56 Å². The van der Waals surface area contributed by atoms with E-state index in [4.69, 9.17) is 14.5 Å². The van der Waals surface area contributed by atoms with Gasteiger partial charge < -0.3 is 19.1 Å². The second kappa shape index (κ2) is 8.20. The number of nitrogens with zero attached hydrogens (tertiary/aromatic N) is 2. The van der Waals surface area contributed by atoms with Gasteiger partial charge >= 0.3 is 0 Å². The molecule has 0 saturated carbocycles. The fraction of sp³-hybridized carbons (Fsp3) is 0.350. The van der Waals surface area contributed by atoms with Crippen molar-refractivity contribution in [1.82, 2.24) is 9.55 Å². The molecule has 1 N–H and O–H groups in total. The Bertz CT molecular complexity index is 983. The molecule has 144 valence electrons. The van der Waals surface area contributed by atoms with E-state index < -0.39 is 0 Å². The van der Waals surface area contributed by atoms with E-state index >= 15 is 0 Å². The minimum atomic E-state index is -0.0122. The van der Waals surface area contributed by atoms with Gasteiger partial charge in [0.2, 0.25) is 0 Å². The molecule has 0 aliphatic carbocycles. The molecule has 5 nitrogen and oxygen atoms in total. The van der Waals surface area contributed by atoms with E-state index in [0.717, 1.165) is 37.1 Å². The summed E-state index contributed by atoms with van der Waals surface area (Å²) in [4.78, 5) is 4.87. The number of aliphatic hydroxyl groups excluding tert-OH is 1. The predicted octanol–water partition coefficient (Wildman–Crippen LogP) is 5.36. The Morgan fingerprint density at radius 3 is 2.41 bits per heavy atom. The lowest BCUT2D eigenvalue weighted by Crippen LogP contribution is -2.06. The zero-order valence-corrected chi connectivity index (χ0v) is 18.9. The van der Waals surface area contributed by atoms with E-state index in [1.54, 1.807) is 14.2 Å². The van der Waals surface area contributed by atoms with Crippen LogP contribution in [0.4, 0.5) is 0 Å². The molecule has 3 aromatic rings. The van der Waals surface area contributed by atoms with Gasteiger partial charge in [0.05, 0.1) is 30.9 Å². The average Bonchev–Trinajstić information content (AvgIpc) is 3.04. The number of halogens is 2. The van der Waals surface area contributed by atoms with Crippen molar-refractivity contribution >= 4 is 42.9 Å². The summed E-state index contributed by atoms with van der Waals surface area (Å²) in [6.07, 6.45) is 0. The number of aliphatic hydroxyl groups is 1. The van der Waals surface area contributed by atoms with Gasteiger partial charge in [-0.1, -0.05) is 19.9 Å².